The summed E-state index contributed by atoms with van der Waals surface area (Å²) in [5, 5.41) is 6.06. The Hall–Kier alpha value is -3.25. The number of pyridine rings is 1. The summed E-state index contributed by atoms with van der Waals surface area (Å²) < 4.78 is 1.78. The van der Waals surface area contributed by atoms with Crippen molar-refractivity contribution in [3.05, 3.63) is 81.5 Å². The lowest BCUT2D eigenvalue weighted by molar-refractivity contribution is -0.116. The Bertz CT molecular complexity index is 1310. The molecule has 1 N–H and O–H groups in total. The topological polar surface area (TPSA) is 64.0 Å². The van der Waals surface area contributed by atoms with Crippen molar-refractivity contribution in [2.45, 2.75) is 32.2 Å². The van der Waals surface area contributed by atoms with E-state index in [-0.39, 0.29) is 17.9 Å². The maximum Gasteiger partial charge on any atom is 0.246 e. The van der Waals surface area contributed by atoms with Gasteiger partial charge in [0.05, 0.1) is 11.2 Å². The minimum atomic E-state index is -0.171. The molecule has 2 heterocycles. The highest BCUT2D eigenvalue weighted by Gasteiger charge is 2.13. The number of hydrogen-bond acceptors (Lipinski definition) is 4. The van der Waals surface area contributed by atoms with Crippen LogP contribution in [-0.4, -0.2) is 15.5 Å². The second-order valence-electron chi connectivity index (χ2n) is 7.60. The minimum Gasteiger partial charge on any atom is -0.338 e. The molecule has 0 saturated carbocycles. The highest BCUT2D eigenvalue weighted by atomic mass is 32.1. The van der Waals surface area contributed by atoms with Gasteiger partial charge in [-0.2, -0.15) is 0 Å². The SMILES string of the molecule is O=C(Cn1ccc(=O)c2ccccc21)Nc1nc(-c2ccc3c(c2)CCCC3)cs1. The molecule has 5 rings (SSSR count). The van der Waals surface area contributed by atoms with E-state index in [9.17, 15) is 9.59 Å². The van der Waals surface area contributed by atoms with Crippen LogP contribution in [0.3, 0.4) is 0 Å². The van der Waals surface area contributed by atoms with Gasteiger partial charge in [0.25, 0.3) is 0 Å². The minimum absolute atomic E-state index is 0.0446. The van der Waals surface area contributed by atoms with Crippen LogP contribution >= 0.6 is 11.3 Å². The van der Waals surface area contributed by atoms with E-state index >= 15 is 0 Å². The number of thiazole rings is 1. The van der Waals surface area contributed by atoms with Crippen LogP contribution in [-0.2, 0) is 24.2 Å². The number of fused-ring (bicyclic) bond motifs is 2. The standard InChI is InChI=1S/C24H21N3O2S/c28-22-11-12-27(21-8-4-3-7-19(21)22)14-23(29)26-24-25-20(15-30-24)18-10-9-16-5-1-2-6-17(16)13-18/h3-4,7-13,15H,1-2,5-6,14H2,(H,25,26,29). The largest absolute Gasteiger partial charge is 0.338 e. The fourth-order valence-corrected chi connectivity index (χ4v) is 4.80. The highest BCUT2D eigenvalue weighted by Crippen LogP contribution is 2.29. The number of hydrogen-bond donors (Lipinski definition) is 1. The van der Waals surface area contributed by atoms with Crippen LogP contribution in [0.2, 0.25) is 0 Å². The fraction of sp³-hybridized carbons (Fsp3) is 0.208. The Morgan fingerprint density at radius 2 is 1.90 bits per heavy atom. The van der Waals surface area contributed by atoms with Gasteiger partial charge in [-0.1, -0.05) is 24.3 Å². The molecule has 1 aliphatic rings. The molecular weight excluding hydrogens is 394 g/mol. The molecule has 0 aliphatic heterocycles. The maximum absolute atomic E-state index is 12.6. The highest BCUT2D eigenvalue weighted by molar-refractivity contribution is 7.14. The summed E-state index contributed by atoms with van der Waals surface area (Å²) in [7, 11) is 0. The molecule has 30 heavy (non-hydrogen) atoms. The van der Waals surface area contributed by atoms with Gasteiger partial charge in [0.1, 0.15) is 6.54 Å². The average Bonchev–Trinajstić information content (AvgIpc) is 3.24. The number of rotatable bonds is 4. The number of para-hydroxylation sites is 1. The second-order valence-corrected chi connectivity index (χ2v) is 8.46. The normalized spacial score (nSPS) is 13.2. The molecule has 150 valence electrons. The molecule has 4 aromatic rings. The summed E-state index contributed by atoms with van der Waals surface area (Å²) in [5.41, 5.74) is 5.55. The van der Waals surface area contributed by atoms with Crippen molar-refractivity contribution in [2.24, 2.45) is 0 Å². The number of carbonyl (C=O) groups is 1. The lowest BCUT2D eigenvalue weighted by atomic mass is 9.90. The van der Waals surface area contributed by atoms with Gasteiger partial charge in [0.15, 0.2) is 10.6 Å². The van der Waals surface area contributed by atoms with E-state index in [1.54, 1.807) is 16.8 Å². The molecular formula is C24H21N3O2S. The Balaban J connectivity index is 1.33. The number of benzene rings is 2. The Kier molecular flexibility index (Phi) is 4.93. The van der Waals surface area contributed by atoms with E-state index in [0.717, 1.165) is 29.6 Å². The van der Waals surface area contributed by atoms with Crippen molar-refractivity contribution in [3.63, 3.8) is 0 Å². The van der Waals surface area contributed by atoms with E-state index in [4.69, 9.17) is 0 Å². The van der Waals surface area contributed by atoms with Crippen molar-refractivity contribution in [2.75, 3.05) is 5.32 Å². The van der Waals surface area contributed by atoms with Crippen LogP contribution in [0.25, 0.3) is 22.2 Å². The fourth-order valence-electron chi connectivity index (χ4n) is 4.07. The summed E-state index contributed by atoms with van der Waals surface area (Å²) in [6.07, 6.45) is 6.46. The smallest absolute Gasteiger partial charge is 0.246 e. The number of amides is 1. The molecule has 5 nitrogen and oxygen atoms in total. The van der Waals surface area contributed by atoms with Crippen LogP contribution < -0.4 is 10.7 Å². The molecule has 1 amide bonds. The van der Waals surface area contributed by atoms with E-state index < -0.39 is 0 Å². The first-order valence-corrected chi connectivity index (χ1v) is 11.0. The Morgan fingerprint density at radius 3 is 2.80 bits per heavy atom. The Labute approximate surface area is 178 Å². The van der Waals surface area contributed by atoms with E-state index in [0.29, 0.717) is 10.5 Å². The van der Waals surface area contributed by atoms with Crippen LogP contribution in [0, 0.1) is 0 Å². The molecule has 0 saturated heterocycles. The maximum atomic E-state index is 12.6. The van der Waals surface area contributed by atoms with Crippen molar-refractivity contribution in [3.8, 4) is 11.3 Å². The van der Waals surface area contributed by atoms with Crippen LogP contribution in [0.4, 0.5) is 5.13 Å². The summed E-state index contributed by atoms with van der Waals surface area (Å²) in [6, 6.07) is 15.4. The zero-order valence-electron chi connectivity index (χ0n) is 16.4. The molecule has 6 heteroatoms. The first-order valence-electron chi connectivity index (χ1n) is 10.1. The number of aryl methyl sites for hydroxylation is 2. The molecule has 1 aliphatic carbocycles. The van der Waals surface area contributed by atoms with Gasteiger partial charge in [-0.05, 0) is 55.0 Å². The number of nitrogens with zero attached hydrogens (tertiary/aromatic N) is 2. The second kappa shape index (κ2) is 7.88. The molecule has 0 atom stereocenters. The summed E-state index contributed by atoms with van der Waals surface area (Å²) in [6.45, 7) is 0.120. The van der Waals surface area contributed by atoms with Gasteiger partial charge in [0, 0.05) is 28.6 Å². The van der Waals surface area contributed by atoms with Crippen LogP contribution in [0.5, 0.6) is 0 Å². The quantitative estimate of drug-likeness (QED) is 0.528. The van der Waals surface area contributed by atoms with E-state index in [2.05, 4.69) is 28.5 Å². The van der Waals surface area contributed by atoms with Crippen molar-refractivity contribution < 1.29 is 4.79 Å². The van der Waals surface area contributed by atoms with E-state index in [1.807, 2.05) is 23.6 Å². The summed E-state index contributed by atoms with van der Waals surface area (Å²) >= 11 is 1.42. The molecule has 2 aromatic carbocycles. The zero-order chi connectivity index (χ0) is 20.5. The first kappa shape index (κ1) is 18.8. The molecule has 0 fully saturated rings. The molecule has 0 spiro atoms. The van der Waals surface area contributed by atoms with Crippen molar-refractivity contribution in [1.29, 1.82) is 0 Å². The first-order chi connectivity index (χ1) is 14.7. The third-order valence-electron chi connectivity index (χ3n) is 5.59. The average molecular weight is 416 g/mol. The van der Waals surface area contributed by atoms with Gasteiger partial charge in [-0.15, -0.1) is 11.3 Å². The monoisotopic (exact) mass is 415 g/mol. The number of carbonyl (C=O) groups excluding carboxylic acids is 1. The number of aromatic nitrogens is 2. The van der Waals surface area contributed by atoms with E-state index in [1.165, 1.54) is 41.4 Å². The summed E-state index contributed by atoms with van der Waals surface area (Å²) in [5.74, 6) is -0.171. The summed E-state index contributed by atoms with van der Waals surface area (Å²) in [4.78, 5) is 29.2. The van der Waals surface area contributed by atoms with Gasteiger partial charge in [-0.3, -0.25) is 9.59 Å². The van der Waals surface area contributed by atoms with Crippen molar-refractivity contribution >= 4 is 33.3 Å². The lowest BCUT2D eigenvalue weighted by Crippen LogP contribution is -2.20. The lowest BCUT2D eigenvalue weighted by Gasteiger charge is -2.16. The third kappa shape index (κ3) is 3.66. The van der Waals surface area contributed by atoms with Gasteiger partial charge >= 0.3 is 0 Å². The van der Waals surface area contributed by atoms with Crippen LogP contribution in [0.15, 0.2) is 64.9 Å². The molecule has 0 bridgehead atoms. The third-order valence-corrected chi connectivity index (χ3v) is 6.35. The molecule has 0 unspecified atom stereocenters. The molecule has 2 aromatic heterocycles. The van der Waals surface area contributed by atoms with Crippen molar-refractivity contribution in [1.82, 2.24) is 9.55 Å². The van der Waals surface area contributed by atoms with Gasteiger partial charge < -0.3 is 9.88 Å². The molecule has 0 radical (unpaired) electrons. The number of anilines is 1. The predicted octanol–water partition coefficient (Wildman–Crippen LogP) is 4.64. The predicted molar refractivity (Wildman–Crippen MR) is 121 cm³/mol. The Morgan fingerprint density at radius 1 is 1.07 bits per heavy atom. The van der Waals surface area contributed by atoms with Gasteiger partial charge in [0.2, 0.25) is 5.91 Å². The van der Waals surface area contributed by atoms with Gasteiger partial charge in [-0.25, -0.2) is 4.98 Å². The number of nitrogens with one attached hydrogen (secondary N) is 1. The van der Waals surface area contributed by atoms with Crippen LogP contribution in [0.1, 0.15) is 24.0 Å². The zero-order valence-corrected chi connectivity index (χ0v) is 17.2.